The second kappa shape index (κ2) is 13.6. The molecule has 2 rings (SSSR count). The van der Waals surface area contributed by atoms with Gasteiger partial charge in [0.2, 0.25) is 0 Å². The number of hydrogen-bond donors (Lipinski definition) is 4. The topological polar surface area (TPSA) is 165 Å². The normalized spacial score (nSPS) is 16.0. The van der Waals surface area contributed by atoms with Crippen molar-refractivity contribution in [3.63, 3.8) is 0 Å². The lowest BCUT2D eigenvalue weighted by Gasteiger charge is -2.18. The Kier molecular flexibility index (Phi) is 11.9. The second-order valence-corrected chi connectivity index (χ2v) is 5.44. The highest BCUT2D eigenvalue weighted by molar-refractivity contribution is 5.90. The predicted molar refractivity (Wildman–Crippen MR) is 97.7 cm³/mol. The number of aliphatic carboxylic acids is 4. The summed E-state index contributed by atoms with van der Waals surface area (Å²) in [5.41, 5.74) is 1.36. The largest absolute Gasteiger partial charge is 0.478 e. The molecule has 28 heavy (non-hydrogen) atoms. The van der Waals surface area contributed by atoms with E-state index in [0.29, 0.717) is 30.3 Å². The Bertz CT molecular complexity index is 650. The van der Waals surface area contributed by atoms with E-state index in [0.717, 1.165) is 0 Å². The second-order valence-electron chi connectivity index (χ2n) is 5.44. The fourth-order valence-corrected chi connectivity index (χ4v) is 2.19. The SMILES string of the molecule is CN1CCCC1c1cccnc1.O=C(O)/C=C/C(=O)O.O=C(O)/C=C/C(=O)O. The van der Waals surface area contributed by atoms with E-state index in [2.05, 4.69) is 23.0 Å². The average Bonchev–Trinajstić information content (AvgIpc) is 3.06. The van der Waals surface area contributed by atoms with Crippen LogP contribution >= 0.6 is 0 Å². The Balaban J connectivity index is 0.000000408. The number of aromatic nitrogens is 1. The summed E-state index contributed by atoms with van der Waals surface area (Å²) in [6, 6.07) is 4.79. The van der Waals surface area contributed by atoms with Crippen LogP contribution < -0.4 is 0 Å². The summed E-state index contributed by atoms with van der Waals surface area (Å²) in [6.45, 7) is 1.22. The van der Waals surface area contributed by atoms with Crippen molar-refractivity contribution >= 4 is 23.9 Å². The first-order chi connectivity index (χ1) is 13.1. The van der Waals surface area contributed by atoms with Gasteiger partial charge in [0, 0.05) is 42.7 Å². The smallest absolute Gasteiger partial charge is 0.328 e. The minimum atomic E-state index is -1.26. The van der Waals surface area contributed by atoms with Crippen molar-refractivity contribution in [2.75, 3.05) is 13.6 Å². The van der Waals surface area contributed by atoms with Crippen LogP contribution in [0.3, 0.4) is 0 Å². The first-order valence-electron chi connectivity index (χ1n) is 8.01. The van der Waals surface area contributed by atoms with Gasteiger partial charge in [-0.3, -0.25) is 9.88 Å². The van der Waals surface area contributed by atoms with Gasteiger partial charge in [-0.25, -0.2) is 19.2 Å². The molecule has 0 aromatic carbocycles. The molecule has 152 valence electrons. The lowest BCUT2D eigenvalue weighted by atomic mass is 10.1. The number of carboxylic acid groups (broad SMARTS) is 4. The monoisotopic (exact) mass is 394 g/mol. The highest BCUT2D eigenvalue weighted by atomic mass is 16.4. The lowest BCUT2D eigenvalue weighted by molar-refractivity contribution is -0.134. The highest BCUT2D eigenvalue weighted by Crippen LogP contribution is 2.29. The number of carbonyl (C=O) groups is 4. The van der Waals surface area contributed by atoms with Gasteiger partial charge < -0.3 is 20.4 Å². The Morgan fingerprint density at radius 3 is 1.71 bits per heavy atom. The van der Waals surface area contributed by atoms with Crippen molar-refractivity contribution in [3.8, 4) is 0 Å². The van der Waals surface area contributed by atoms with Crippen LogP contribution in [0.25, 0.3) is 0 Å². The standard InChI is InChI=1S/C10H14N2.2C4H4O4/c1-12-7-3-5-10(12)9-4-2-6-11-8-9;2*5-3(6)1-2-4(7)8/h2,4,6,8,10H,3,5,7H2,1H3;2*1-2H,(H,5,6)(H,7,8)/b;2*2-1+. The van der Waals surface area contributed by atoms with Gasteiger partial charge in [-0.15, -0.1) is 0 Å². The number of pyridine rings is 1. The molecule has 1 aliphatic rings. The Morgan fingerprint density at radius 2 is 1.43 bits per heavy atom. The molecule has 0 radical (unpaired) electrons. The quantitative estimate of drug-likeness (QED) is 0.534. The maximum atomic E-state index is 9.55. The van der Waals surface area contributed by atoms with Gasteiger partial charge >= 0.3 is 23.9 Å². The van der Waals surface area contributed by atoms with Crippen LogP contribution in [0.2, 0.25) is 0 Å². The number of likely N-dealkylation sites (tertiary alicyclic amines) is 1. The van der Waals surface area contributed by atoms with Gasteiger partial charge in [0.15, 0.2) is 0 Å². The Labute approximate surface area is 161 Å². The molecule has 0 aliphatic carbocycles. The summed E-state index contributed by atoms with van der Waals surface area (Å²) in [4.78, 5) is 44.8. The van der Waals surface area contributed by atoms with Gasteiger partial charge in [0.25, 0.3) is 0 Å². The third kappa shape index (κ3) is 12.8. The van der Waals surface area contributed by atoms with E-state index in [-0.39, 0.29) is 0 Å². The third-order valence-corrected chi connectivity index (χ3v) is 3.33. The molecule has 1 fully saturated rings. The zero-order valence-electron chi connectivity index (χ0n) is 15.1. The van der Waals surface area contributed by atoms with Gasteiger partial charge in [-0.05, 0) is 38.1 Å². The fourth-order valence-electron chi connectivity index (χ4n) is 2.19. The maximum absolute atomic E-state index is 9.55. The van der Waals surface area contributed by atoms with E-state index >= 15 is 0 Å². The van der Waals surface area contributed by atoms with Crippen molar-refractivity contribution in [3.05, 3.63) is 54.4 Å². The van der Waals surface area contributed by atoms with Crippen molar-refractivity contribution in [2.45, 2.75) is 18.9 Å². The molecule has 10 nitrogen and oxygen atoms in total. The lowest BCUT2D eigenvalue weighted by Crippen LogP contribution is -2.17. The molecular weight excluding hydrogens is 372 g/mol. The molecule has 2 heterocycles. The van der Waals surface area contributed by atoms with Crippen LogP contribution in [-0.2, 0) is 19.2 Å². The Hall–Kier alpha value is -3.53. The molecule has 10 heteroatoms. The van der Waals surface area contributed by atoms with Crippen LogP contribution in [0.15, 0.2) is 48.8 Å². The predicted octanol–water partition coefficient (Wildman–Crippen LogP) is 1.27. The van der Waals surface area contributed by atoms with Crippen LogP contribution in [0.4, 0.5) is 0 Å². The van der Waals surface area contributed by atoms with Crippen LogP contribution in [0.1, 0.15) is 24.4 Å². The van der Waals surface area contributed by atoms with E-state index < -0.39 is 23.9 Å². The first-order valence-corrected chi connectivity index (χ1v) is 8.01. The molecule has 1 atom stereocenters. The average molecular weight is 394 g/mol. The molecule has 0 amide bonds. The van der Waals surface area contributed by atoms with Crippen molar-refractivity contribution < 1.29 is 39.6 Å². The minimum absolute atomic E-state index is 0.558. The number of carboxylic acids is 4. The Morgan fingerprint density at radius 1 is 0.964 bits per heavy atom. The molecule has 0 saturated carbocycles. The molecular formula is C18H22N2O8. The summed E-state index contributed by atoms with van der Waals surface area (Å²) in [6.07, 6.45) is 8.64. The summed E-state index contributed by atoms with van der Waals surface area (Å²) in [7, 11) is 2.19. The molecule has 0 spiro atoms. The maximum Gasteiger partial charge on any atom is 0.328 e. The molecule has 1 aromatic heterocycles. The van der Waals surface area contributed by atoms with Crippen molar-refractivity contribution in [2.24, 2.45) is 0 Å². The fraction of sp³-hybridized carbons (Fsp3) is 0.278. The van der Waals surface area contributed by atoms with E-state index in [9.17, 15) is 19.2 Å². The molecule has 1 aliphatic heterocycles. The van der Waals surface area contributed by atoms with Crippen molar-refractivity contribution in [1.29, 1.82) is 0 Å². The molecule has 1 unspecified atom stereocenters. The van der Waals surface area contributed by atoms with E-state index in [1.807, 2.05) is 18.5 Å². The molecule has 1 saturated heterocycles. The van der Waals surface area contributed by atoms with Gasteiger partial charge in [0.05, 0.1) is 0 Å². The molecule has 1 aromatic rings. The first kappa shape index (κ1) is 24.5. The summed E-state index contributed by atoms with van der Waals surface area (Å²) < 4.78 is 0. The van der Waals surface area contributed by atoms with Gasteiger partial charge in [-0.2, -0.15) is 0 Å². The molecule has 0 bridgehead atoms. The van der Waals surface area contributed by atoms with Gasteiger partial charge in [0.1, 0.15) is 0 Å². The van der Waals surface area contributed by atoms with Crippen molar-refractivity contribution in [1.82, 2.24) is 9.88 Å². The van der Waals surface area contributed by atoms with Crippen LogP contribution in [0.5, 0.6) is 0 Å². The summed E-state index contributed by atoms with van der Waals surface area (Å²) in [5.74, 6) is -5.03. The van der Waals surface area contributed by atoms with Crippen LogP contribution in [-0.4, -0.2) is 67.8 Å². The highest BCUT2D eigenvalue weighted by Gasteiger charge is 2.21. The van der Waals surface area contributed by atoms with Crippen LogP contribution in [0, 0.1) is 0 Å². The van der Waals surface area contributed by atoms with E-state index in [4.69, 9.17) is 20.4 Å². The number of nitrogens with zero attached hydrogens (tertiary/aromatic N) is 2. The van der Waals surface area contributed by atoms with Gasteiger partial charge in [-0.1, -0.05) is 6.07 Å². The third-order valence-electron chi connectivity index (χ3n) is 3.33. The summed E-state index contributed by atoms with van der Waals surface area (Å²) >= 11 is 0. The van der Waals surface area contributed by atoms with E-state index in [1.54, 1.807) is 0 Å². The zero-order chi connectivity index (χ0) is 21.5. The minimum Gasteiger partial charge on any atom is -0.478 e. The number of hydrogen-bond acceptors (Lipinski definition) is 6. The zero-order valence-corrected chi connectivity index (χ0v) is 15.1. The number of rotatable bonds is 5. The van der Waals surface area contributed by atoms with E-state index in [1.165, 1.54) is 24.9 Å². The molecule has 4 N–H and O–H groups in total. The summed E-state index contributed by atoms with van der Waals surface area (Å²) in [5, 5.41) is 31.2.